The van der Waals surface area contributed by atoms with Gasteiger partial charge in [-0.25, -0.2) is 0 Å². The molecule has 8 nitrogen and oxygen atoms in total. The first kappa shape index (κ1) is 33.2. The molecule has 0 radical (unpaired) electrons. The third-order valence-electron chi connectivity index (χ3n) is 10.6. The molecule has 0 aliphatic carbocycles. The van der Waals surface area contributed by atoms with Crippen LogP contribution in [0.3, 0.4) is 0 Å². The minimum Gasteiger partial charge on any atom is -0.394 e. The largest absolute Gasteiger partial charge is 0.394 e. The Balaban J connectivity index is 1.29. The topological polar surface area (TPSA) is 84.4 Å². The summed E-state index contributed by atoms with van der Waals surface area (Å²) in [5.74, 6) is -1.89. The molecule has 1 N–H and O–H groups in total. The predicted molar refractivity (Wildman–Crippen MR) is 195 cm³/mol. The van der Waals surface area contributed by atoms with Gasteiger partial charge in [0.2, 0.25) is 11.8 Å². The Labute approximate surface area is 293 Å². The summed E-state index contributed by atoms with van der Waals surface area (Å²) in [4.78, 5) is 52.1. The van der Waals surface area contributed by atoms with Gasteiger partial charge in [0.25, 0.3) is 5.91 Å². The number of nitrogens with zero attached hydrogens (tertiary/aromatic N) is 4. The summed E-state index contributed by atoms with van der Waals surface area (Å²) in [6.07, 6.45) is 8.54. The van der Waals surface area contributed by atoms with Crippen LogP contribution in [0.1, 0.15) is 25.0 Å². The number of thioether (sulfide) groups is 1. The number of carbonyl (C=O) groups is 3. The van der Waals surface area contributed by atoms with Crippen LogP contribution in [-0.2, 0) is 27.3 Å². The van der Waals surface area contributed by atoms with E-state index >= 15 is 4.79 Å². The molecular weight excluding hydrogens is 633 g/mol. The third-order valence-corrected chi connectivity index (χ3v) is 12.3. The van der Waals surface area contributed by atoms with Crippen molar-refractivity contribution in [2.75, 3.05) is 42.6 Å². The molecule has 3 aromatic rings. The molecule has 4 heterocycles. The van der Waals surface area contributed by atoms with Crippen molar-refractivity contribution in [3.05, 3.63) is 120 Å². The number of aliphatic hydroxyl groups is 1. The summed E-state index contributed by atoms with van der Waals surface area (Å²) in [7, 11) is 0. The van der Waals surface area contributed by atoms with E-state index in [1.165, 1.54) is 0 Å². The summed E-state index contributed by atoms with van der Waals surface area (Å²) in [5, 5.41) is 10.6. The SMILES string of the molecule is CCN(CC)c1ccc(N2CC=C[C@]34S[C@@H]5C=CCN(Cc6ccccc6)C(=O)[C@@H]5[C@H]3C(=O)N([C@@H](CO)Cc3ccccc3)C4C2=O)cc1. The van der Waals surface area contributed by atoms with Gasteiger partial charge in [-0.1, -0.05) is 85.0 Å². The van der Waals surface area contributed by atoms with Crippen molar-refractivity contribution >= 4 is 40.9 Å². The fraction of sp³-hybridized carbons (Fsp3) is 0.375. The van der Waals surface area contributed by atoms with Gasteiger partial charge < -0.3 is 24.7 Å². The van der Waals surface area contributed by atoms with E-state index in [-0.39, 0.29) is 29.6 Å². The van der Waals surface area contributed by atoms with Crippen LogP contribution in [0.5, 0.6) is 0 Å². The average Bonchev–Trinajstić information content (AvgIpc) is 3.46. The van der Waals surface area contributed by atoms with Crippen molar-refractivity contribution < 1.29 is 19.5 Å². The standard InChI is InChI=1S/C40H44N4O4S/c1-3-41(4-2)30-18-20-31(21-19-30)43-24-12-22-40-35(34-33(49-40)17-11-23-42(37(34)46)26-29-15-9-6-10-16-29)38(47)44(36(40)39(43)48)32(27-45)25-28-13-7-5-8-14-28/h5-22,32-36,45H,3-4,23-27H2,1-2H3/t32-,33-,34+,35+,36?,40+/m1/s1. The zero-order chi connectivity index (χ0) is 34.1. The maximum absolute atomic E-state index is 15.1. The number of benzene rings is 3. The maximum Gasteiger partial charge on any atom is 0.251 e. The molecule has 6 atom stereocenters. The Morgan fingerprint density at radius 3 is 2.16 bits per heavy atom. The number of carbonyl (C=O) groups excluding carboxylic acids is 3. The molecule has 254 valence electrons. The molecule has 3 aromatic carbocycles. The monoisotopic (exact) mass is 676 g/mol. The molecule has 3 amide bonds. The number of anilines is 2. The lowest BCUT2D eigenvalue weighted by Crippen LogP contribution is -2.57. The van der Waals surface area contributed by atoms with Crippen LogP contribution in [0.4, 0.5) is 11.4 Å². The first-order chi connectivity index (χ1) is 23.9. The van der Waals surface area contributed by atoms with E-state index in [9.17, 15) is 14.7 Å². The predicted octanol–water partition coefficient (Wildman–Crippen LogP) is 4.94. The van der Waals surface area contributed by atoms with Crippen LogP contribution >= 0.6 is 11.8 Å². The van der Waals surface area contributed by atoms with E-state index in [1.54, 1.807) is 21.6 Å². The van der Waals surface area contributed by atoms with E-state index in [0.717, 1.165) is 35.6 Å². The Morgan fingerprint density at radius 1 is 0.837 bits per heavy atom. The van der Waals surface area contributed by atoms with Gasteiger partial charge >= 0.3 is 0 Å². The molecule has 0 saturated carbocycles. The highest BCUT2D eigenvalue weighted by molar-refractivity contribution is 8.02. The molecule has 7 rings (SSSR count). The van der Waals surface area contributed by atoms with E-state index in [1.807, 2.05) is 108 Å². The number of aliphatic hydroxyl groups excluding tert-OH is 1. The second-order valence-electron chi connectivity index (χ2n) is 13.3. The summed E-state index contributed by atoms with van der Waals surface area (Å²) in [6, 6.07) is 26.2. The normalized spacial score (nSPS) is 26.7. The van der Waals surface area contributed by atoms with Crippen LogP contribution in [0.25, 0.3) is 0 Å². The van der Waals surface area contributed by atoms with Crippen LogP contribution in [0, 0.1) is 11.8 Å². The van der Waals surface area contributed by atoms with Gasteiger partial charge in [-0.2, -0.15) is 0 Å². The number of hydrogen-bond donors (Lipinski definition) is 1. The Kier molecular flexibility index (Phi) is 9.40. The number of amides is 3. The summed E-state index contributed by atoms with van der Waals surface area (Å²) >= 11 is 1.57. The van der Waals surface area contributed by atoms with Crippen molar-refractivity contribution in [3.8, 4) is 0 Å². The first-order valence-corrected chi connectivity index (χ1v) is 18.3. The molecular formula is C40H44N4O4S. The molecule has 9 heteroatoms. The van der Waals surface area contributed by atoms with Gasteiger partial charge in [-0.3, -0.25) is 14.4 Å². The molecule has 2 saturated heterocycles. The number of fused-ring (bicyclic) bond motifs is 2. The van der Waals surface area contributed by atoms with E-state index in [0.29, 0.717) is 26.1 Å². The lowest BCUT2D eigenvalue weighted by Gasteiger charge is -2.38. The fourth-order valence-electron chi connectivity index (χ4n) is 8.27. The summed E-state index contributed by atoms with van der Waals surface area (Å²) in [6.45, 7) is 6.94. The molecule has 4 aliphatic heterocycles. The molecule has 1 spiro atoms. The molecule has 0 bridgehead atoms. The molecule has 1 unspecified atom stereocenters. The minimum absolute atomic E-state index is 0.0697. The highest BCUT2D eigenvalue weighted by Gasteiger charge is 2.71. The quantitative estimate of drug-likeness (QED) is 0.307. The molecule has 2 fully saturated rings. The first-order valence-electron chi connectivity index (χ1n) is 17.4. The second-order valence-corrected chi connectivity index (χ2v) is 14.8. The van der Waals surface area contributed by atoms with Gasteiger partial charge in [0, 0.05) is 49.3 Å². The van der Waals surface area contributed by atoms with Gasteiger partial charge in [0.1, 0.15) is 6.04 Å². The lowest BCUT2D eigenvalue weighted by atomic mass is 9.78. The van der Waals surface area contributed by atoms with Crippen molar-refractivity contribution in [2.45, 2.75) is 48.9 Å². The van der Waals surface area contributed by atoms with Crippen molar-refractivity contribution in [2.24, 2.45) is 11.8 Å². The highest BCUT2D eigenvalue weighted by atomic mass is 32.2. The van der Waals surface area contributed by atoms with E-state index < -0.39 is 28.7 Å². The van der Waals surface area contributed by atoms with Crippen molar-refractivity contribution in [3.63, 3.8) is 0 Å². The second kappa shape index (κ2) is 13.9. The highest BCUT2D eigenvalue weighted by Crippen LogP contribution is 2.61. The van der Waals surface area contributed by atoms with E-state index in [2.05, 4.69) is 24.8 Å². The molecule has 4 aliphatic rings. The maximum atomic E-state index is 15.1. The third kappa shape index (κ3) is 5.87. The minimum atomic E-state index is -0.973. The van der Waals surface area contributed by atoms with Crippen molar-refractivity contribution in [1.82, 2.24) is 9.80 Å². The van der Waals surface area contributed by atoms with Crippen LogP contribution in [-0.4, -0.2) is 87.5 Å². The van der Waals surface area contributed by atoms with Gasteiger partial charge in [0.05, 0.1) is 29.2 Å². The van der Waals surface area contributed by atoms with Crippen LogP contribution in [0.15, 0.2) is 109 Å². The van der Waals surface area contributed by atoms with Crippen LogP contribution in [0.2, 0.25) is 0 Å². The van der Waals surface area contributed by atoms with E-state index in [4.69, 9.17) is 0 Å². The zero-order valence-corrected chi connectivity index (χ0v) is 28.9. The zero-order valence-electron chi connectivity index (χ0n) is 28.1. The number of likely N-dealkylation sites (tertiary alicyclic amines) is 1. The fourth-order valence-corrected chi connectivity index (χ4v) is 10.3. The summed E-state index contributed by atoms with van der Waals surface area (Å²) < 4.78 is -0.973. The molecule has 49 heavy (non-hydrogen) atoms. The Morgan fingerprint density at radius 2 is 1.51 bits per heavy atom. The Bertz CT molecular complexity index is 1730. The van der Waals surface area contributed by atoms with Gasteiger partial charge in [0.15, 0.2) is 0 Å². The Hall–Kier alpha value is -4.34. The summed E-state index contributed by atoms with van der Waals surface area (Å²) in [5.41, 5.74) is 3.83. The van der Waals surface area contributed by atoms with Gasteiger partial charge in [-0.15, -0.1) is 11.8 Å². The molecule has 0 aromatic heterocycles. The smallest absolute Gasteiger partial charge is 0.251 e. The van der Waals surface area contributed by atoms with Crippen LogP contribution < -0.4 is 9.80 Å². The lowest BCUT2D eigenvalue weighted by molar-refractivity contribution is -0.144. The van der Waals surface area contributed by atoms with Gasteiger partial charge in [-0.05, 0) is 55.7 Å². The number of hydrogen-bond acceptors (Lipinski definition) is 6. The number of rotatable bonds is 10. The average molecular weight is 677 g/mol. The van der Waals surface area contributed by atoms with Crippen molar-refractivity contribution in [1.29, 1.82) is 0 Å².